The maximum atomic E-state index is 4.84. The minimum atomic E-state index is 0.253. The molecule has 1 atom stereocenters. The number of thiol groups is 1. The summed E-state index contributed by atoms with van der Waals surface area (Å²) in [6, 6.07) is 0. The van der Waals surface area contributed by atoms with Gasteiger partial charge in [0.25, 0.3) is 0 Å². The highest BCUT2D eigenvalue weighted by Gasteiger charge is 2.44. The molecule has 0 aromatic carbocycles. The first-order chi connectivity index (χ1) is 5.97. The minimum Gasteiger partial charge on any atom is -0.175 e. The molecule has 0 fully saturated rings. The maximum Gasteiger partial charge on any atom is 0.0122 e. The van der Waals surface area contributed by atoms with Crippen molar-refractivity contribution < 1.29 is 0 Å². The molecule has 0 aliphatic rings. The van der Waals surface area contributed by atoms with E-state index in [-0.39, 0.29) is 10.8 Å². The molecule has 0 heterocycles. The molecule has 0 rings (SSSR count). The molecular weight excluding hydrogens is 188 g/mol. The zero-order chi connectivity index (χ0) is 11.8. The van der Waals surface area contributed by atoms with Crippen LogP contribution in [0.5, 0.6) is 0 Å². The molecule has 14 heavy (non-hydrogen) atoms. The summed E-state index contributed by atoms with van der Waals surface area (Å²) in [7, 11) is 0. The van der Waals surface area contributed by atoms with Gasteiger partial charge in [0, 0.05) is 5.25 Å². The smallest absolute Gasteiger partial charge is 0.0122 e. The molecule has 0 bridgehead atoms. The molecule has 1 heteroatoms. The average molecular weight is 216 g/mol. The van der Waals surface area contributed by atoms with Crippen molar-refractivity contribution in [2.24, 2.45) is 16.2 Å². The first-order valence-corrected chi connectivity index (χ1v) is 6.16. The van der Waals surface area contributed by atoms with Crippen LogP contribution in [0, 0.1) is 16.2 Å². The van der Waals surface area contributed by atoms with Crippen LogP contribution in [0.4, 0.5) is 0 Å². The Balaban J connectivity index is 4.96. The van der Waals surface area contributed by atoms with Gasteiger partial charge in [-0.3, -0.25) is 0 Å². The Morgan fingerprint density at radius 1 is 0.929 bits per heavy atom. The maximum absolute atomic E-state index is 4.84. The van der Waals surface area contributed by atoms with Gasteiger partial charge in [-0.25, -0.2) is 0 Å². The van der Waals surface area contributed by atoms with Crippen LogP contribution in [0.3, 0.4) is 0 Å². The number of rotatable bonds is 3. The summed E-state index contributed by atoms with van der Waals surface area (Å²) in [5, 5.41) is 0.421. The number of hydrogen-bond donors (Lipinski definition) is 1. The van der Waals surface area contributed by atoms with E-state index >= 15 is 0 Å². The summed E-state index contributed by atoms with van der Waals surface area (Å²) >= 11 is 4.84. The SMILES string of the molecule is CCC(C)(C)C(C)(C)C(S)C(C)(C)C. The van der Waals surface area contributed by atoms with Gasteiger partial charge in [0.05, 0.1) is 0 Å². The summed E-state index contributed by atoms with van der Waals surface area (Å²) in [6.07, 6.45) is 1.20. The normalized spacial score (nSPS) is 16.9. The lowest BCUT2D eigenvalue weighted by molar-refractivity contribution is 0.0650. The lowest BCUT2D eigenvalue weighted by atomic mass is 9.60. The van der Waals surface area contributed by atoms with Crippen molar-refractivity contribution in [2.45, 2.75) is 67.1 Å². The van der Waals surface area contributed by atoms with Crippen LogP contribution in [-0.4, -0.2) is 5.25 Å². The first kappa shape index (κ1) is 14.3. The first-order valence-electron chi connectivity index (χ1n) is 5.65. The molecule has 0 aliphatic carbocycles. The van der Waals surface area contributed by atoms with E-state index in [2.05, 4.69) is 55.4 Å². The van der Waals surface area contributed by atoms with Crippen LogP contribution in [0.25, 0.3) is 0 Å². The fraction of sp³-hybridized carbons (Fsp3) is 1.00. The van der Waals surface area contributed by atoms with Crippen LogP contribution < -0.4 is 0 Å². The van der Waals surface area contributed by atoms with Crippen molar-refractivity contribution >= 4 is 12.6 Å². The zero-order valence-corrected chi connectivity index (χ0v) is 12.1. The van der Waals surface area contributed by atoms with Crippen LogP contribution in [-0.2, 0) is 0 Å². The molecule has 0 saturated heterocycles. The standard InChI is InChI=1S/C13H28S/c1-9-12(5,6)13(7,8)10(14)11(2,3)4/h10,14H,9H2,1-8H3. The summed E-state index contributed by atoms with van der Waals surface area (Å²) < 4.78 is 0. The summed E-state index contributed by atoms with van der Waals surface area (Å²) in [6.45, 7) is 18.5. The molecule has 0 aromatic rings. The van der Waals surface area contributed by atoms with Crippen LogP contribution in [0.2, 0.25) is 0 Å². The van der Waals surface area contributed by atoms with E-state index in [0.717, 1.165) is 0 Å². The third kappa shape index (κ3) is 2.68. The Morgan fingerprint density at radius 2 is 1.29 bits per heavy atom. The van der Waals surface area contributed by atoms with E-state index < -0.39 is 0 Å². The second-order valence-electron chi connectivity index (χ2n) is 6.73. The molecule has 0 N–H and O–H groups in total. The predicted octanol–water partition coefficient (Wildman–Crippen LogP) is 4.79. The highest BCUT2D eigenvalue weighted by atomic mass is 32.1. The summed E-state index contributed by atoms with van der Waals surface area (Å²) in [5.74, 6) is 0. The second-order valence-corrected chi connectivity index (χ2v) is 7.24. The summed E-state index contributed by atoms with van der Waals surface area (Å²) in [5.41, 5.74) is 0.856. The Hall–Kier alpha value is 0.350. The van der Waals surface area contributed by atoms with E-state index in [9.17, 15) is 0 Å². The Morgan fingerprint density at radius 3 is 1.50 bits per heavy atom. The lowest BCUT2D eigenvalue weighted by Gasteiger charge is -2.49. The highest BCUT2D eigenvalue weighted by Crippen LogP contribution is 2.50. The van der Waals surface area contributed by atoms with Gasteiger partial charge in [-0.2, -0.15) is 12.6 Å². The molecule has 0 amide bonds. The Labute approximate surface area is 96.3 Å². The fourth-order valence-electron chi connectivity index (χ4n) is 1.91. The molecular formula is C13H28S. The van der Waals surface area contributed by atoms with Crippen molar-refractivity contribution in [2.75, 3.05) is 0 Å². The van der Waals surface area contributed by atoms with Crippen molar-refractivity contribution in [3.05, 3.63) is 0 Å². The quantitative estimate of drug-likeness (QED) is 0.644. The van der Waals surface area contributed by atoms with E-state index in [1.54, 1.807) is 0 Å². The van der Waals surface area contributed by atoms with Crippen molar-refractivity contribution in [1.82, 2.24) is 0 Å². The third-order valence-corrected chi connectivity index (χ3v) is 5.55. The Bertz CT molecular complexity index is 184. The molecule has 0 saturated carbocycles. The molecule has 0 aliphatic heterocycles. The van der Waals surface area contributed by atoms with Crippen LogP contribution in [0.15, 0.2) is 0 Å². The van der Waals surface area contributed by atoms with Gasteiger partial charge < -0.3 is 0 Å². The number of hydrogen-bond acceptors (Lipinski definition) is 1. The predicted molar refractivity (Wildman–Crippen MR) is 70.1 cm³/mol. The van der Waals surface area contributed by atoms with Gasteiger partial charge >= 0.3 is 0 Å². The summed E-state index contributed by atoms with van der Waals surface area (Å²) in [4.78, 5) is 0. The van der Waals surface area contributed by atoms with E-state index in [1.807, 2.05) is 0 Å². The Kier molecular flexibility index (Phi) is 4.18. The molecule has 86 valence electrons. The van der Waals surface area contributed by atoms with Gasteiger partial charge in [0.15, 0.2) is 0 Å². The van der Waals surface area contributed by atoms with Crippen molar-refractivity contribution in [3.8, 4) is 0 Å². The third-order valence-electron chi connectivity index (χ3n) is 4.13. The van der Waals surface area contributed by atoms with Gasteiger partial charge in [-0.15, -0.1) is 0 Å². The minimum absolute atomic E-state index is 0.253. The van der Waals surface area contributed by atoms with Gasteiger partial charge in [-0.1, -0.05) is 61.8 Å². The molecule has 0 aromatic heterocycles. The van der Waals surface area contributed by atoms with Gasteiger partial charge in [0.2, 0.25) is 0 Å². The van der Waals surface area contributed by atoms with Crippen molar-refractivity contribution in [1.29, 1.82) is 0 Å². The van der Waals surface area contributed by atoms with E-state index in [0.29, 0.717) is 10.7 Å². The van der Waals surface area contributed by atoms with E-state index in [1.165, 1.54) is 6.42 Å². The largest absolute Gasteiger partial charge is 0.175 e. The highest BCUT2D eigenvalue weighted by molar-refractivity contribution is 7.81. The molecule has 0 spiro atoms. The topological polar surface area (TPSA) is 0 Å². The zero-order valence-electron chi connectivity index (χ0n) is 11.2. The molecule has 0 nitrogen and oxygen atoms in total. The monoisotopic (exact) mass is 216 g/mol. The lowest BCUT2D eigenvalue weighted by Crippen LogP contribution is -2.45. The van der Waals surface area contributed by atoms with Gasteiger partial charge in [0.1, 0.15) is 0 Å². The molecule has 0 radical (unpaired) electrons. The second kappa shape index (κ2) is 4.08. The van der Waals surface area contributed by atoms with Crippen LogP contribution in [0.1, 0.15) is 61.8 Å². The van der Waals surface area contributed by atoms with Crippen molar-refractivity contribution in [3.63, 3.8) is 0 Å². The van der Waals surface area contributed by atoms with Gasteiger partial charge in [-0.05, 0) is 16.2 Å². The average Bonchev–Trinajstić information content (AvgIpc) is 2.01. The fourth-order valence-corrected chi connectivity index (χ4v) is 2.26. The van der Waals surface area contributed by atoms with E-state index in [4.69, 9.17) is 12.6 Å². The molecule has 1 unspecified atom stereocenters. The van der Waals surface area contributed by atoms with Crippen LogP contribution >= 0.6 is 12.6 Å².